The molecule has 2 heterocycles. The fraction of sp³-hybridized carbons (Fsp3) is 0. The molecule has 0 fully saturated rings. The highest BCUT2D eigenvalue weighted by Gasteiger charge is 2.35. The van der Waals surface area contributed by atoms with E-state index < -0.39 is 6.89 Å². The van der Waals surface area contributed by atoms with Gasteiger partial charge in [-0.1, -0.05) is 103 Å². The Morgan fingerprint density at radius 1 is 0.824 bits per heavy atom. The van der Waals surface area contributed by atoms with Gasteiger partial charge in [0.1, 0.15) is 16.9 Å². The van der Waals surface area contributed by atoms with Crippen molar-refractivity contribution in [2.24, 2.45) is 4.99 Å². The highest BCUT2D eigenvalue weighted by atomic mass is 32.2. The number of amides is 1. The number of rotatable bonds is 5. The summed E-state index contributed by atoms with van der Waals surface area (Å²) in [6.45, 7) is -2.64. The van der Waals surface area contributed by atoms with Crippen LogP contribution in [0.3, 0.4) is 0 Å². The molecular formula is C28H19N2O2PS. The van der Waals surface area contributed by atoms with Crippen LogP contribution in [0.25, 0.3) is 6.08 Å². The average Bonchev–Trinajstić information content (AvgIpc) is 3.54. The Labute approximate surface area is 202 Å². The number of benzene rings is 3. The maximum Gasteiger partial charge on any atom is 0.285 e. The third-order valence-corrected chi connectivity index (χ3v) is 10.9. The van der Waals surface area contributed by atoms with Gasteiger partial charge in [-0.2, -0.15) is 5.26 Å². The lowest BCUT2D eigenvalue weighted by atomic mass is 10.3. The molecule has 3 aromatic carbocycles. The number of nitrogens with zero attached hydrogens (tertiary/aromatic N) is 2. The van der Waals surface area contributed by atoms with Gasteiger partial charge in [0.15, 0.2) is 0 Å². The van der Waals surface area contributed by atoms with E-state index in [-0.39, 0.29) is 5.91 Å². The Morgan fingerprint density at radius 3 is 1.79 bits per heavy atom. The van der Waals surface area contributed by atoms with Crippen LogP contribution in [0.4, 0.5) is 0 Å². The van der Waals surface area contributed by atoms with E-state index in [0.29, 0.717) is 21.0 Å². The van der Waals surface area contributed by atoms with E-state index >= 15 is 0 Å². The molecular weight excluding hydrogens is 459 g/mol. The fourth-order valence-electron chi connectivity index (χ4n) is 4.07. The van der Waals surface area contributed by atoms with Gasteiger partial charge in [0.2, 0.25) is 0 Å². The normalized spacial score (nSPS) is 14.6. The van der Waals surface area contributed by atoms with E-state index in [2.05, 4.69) is 47.5 Å². The van der Waals surface area contributed by atoms with Crippen LogP contribution in [-0.4, -0.2) is 16.2 Å². The second-order valence-electron chi connectivity index (χ2n) is 7.49. The van der Waals surface area contributed by atoms with Gasteiger partial charge in [0.25, 0.3) is 5.91 Å². The molecule has 0 N–H and O–H groups in total. The number of aliphatic imine (C=N–C) groups is 1. The van der Waals surface area contributed by atoms with Gasteiger partial charge in [-0.25, -0.2) is 4.99 Å². The van der Waals surface area contributed by atoms with Crippen LogP contribution >= 0.6 is 18.6 Å². The zero-order chi connectivity index (χ0) is 23.4. The monoisotopic (exact) mass is 478 g/mol. The van der Waals surface area contributed by atoms with E-state index in [4.69, 9.17) is 4.42 Å². The van der Waals surface area contributed by atoms with Gasteiger partial charge in [-0.15, -0.1) is 0 Å². The van der Waals surface area contributed by atoms with Crippen molar-refractivity contribution in [1.82, 2.24) is 0 Å². The summed E-state index contributed by atoms with van der Waals surface area (Å²) in [6, 6.07) is 36.2. The SMILES string of the molecule is N#CC(C1=NC(=O)/C(=C\c2ccco2)S1)=P(c1ccccc1)(c1ccccc1)c1ccccc1. The number of hydrogen-bond donors (Lipinski definition) is 0. The van der Waals surface area contributed by atoms with Crippen LogP contribution in [0.5, 0.6) is 0 Å². The molecule has 6 heteroatoms. The molecule has 0 aliphatic carbocycles. The van der Waals surface area contributed by atoms with Crippen molar-refractivity contribution in [3.63, 3.8) is 0 Å². The van der Waals surface area contributed by atoms with E-state index in [1.54, 1.807) is 24.5 Å². The first-order chi connectivity index (χ1) is 16.7. The van der Waals surface area contributed by atoms with Crippen molar-refractivity contribution in [3.8, 4) is 6.07 Å². The van der Waals surface area contributed by atoms with Gasteiger partial charge in [-0.05, 0) is 34.9 Å². The zero-order valence-electron chi connectivity index (χ0n) is 18.0. The number of carbonyl (C=O) groups excluding carboxylic acids is 1. The summed E-state index contributed by atoms with van der Waals surface area (Å²) in [4.78, 5) is 17.6. The number of carbonyl (C=O) groups is 1. The Balaban J connectivity index is 1.84. The number of furan rings is 1. The van der Waals surface area contributed by atoms with E-state index in [1.807, 2.05) is 54.6 Å². The third-order valence-electron chi connectivity index (χ3n) is 5.51. The standard InChI is InChI=1S/C28H19N2O2PS/c29-20-25(28-30-27(31)26(34-28)19-21-11-10-18-32-21)33(22-12-4-1-5-13-22,23-14-6-2-7-15-23)24-16-8-3-9-17-24/h1-19H/b26-19+. The molecule has 0 saturated carbocycles. The van der Waals surface area contributed by atoms with E-state index in [9.17, 15) is 10.1 Å². The first-order valence-electron chi connectivity index (χ1n) is 10.6. The van der Waals surface area contributed by atoms with Crippen LogP contribution in [0.15, 0.2) is 124 Å². The quantitative estimate of drug-likeness (QED) is 0.300. The predicted molar refractivity (Wildman–Crippen MR) is 142 cm³/mol. The minimum atomic E-state index is -2.64. The largest absolute Gasteiger partial charge is 0.465 e. The molecule has 4 aromatic rings. The Bertz CT molecular complexity index is 1380. The molecule has 1 aliphatic rings. The molecule has 0 radical (unpaired) electrons. The van der Waals surface area contributed by atoms with Crippen molar-refractivity contribution >= 4 is 56.9 Å². The lowest BCUT2D eigenvalue weighted by Crippen LogP contribution is -2.32. The molecule has 5 rings (SSSR count). The third kappa shape index (κ3) is 3.88. The fourth-order valence-corrected chi connectivity index (χ4v) is 9.42. The van der Waals surface area contributed by atoms with Crippen LogP contribution in [0, 0.1) is 11.3 Å². The molecule has 0 saturated heterocycles. The molecule has 4 nitrogen and oxygen atoms in total. The maximum atomic E-state index is 12.8. The molecule has 164 valence electrons. The van der Waals surface area contributed by atoms with Crippen molar-refractivity contribution in [2.75, 3.05) is 0 Å². The minimum Gasteiger partial charge on any atom is -0.465 e. The topological polar surface area (TPSA) is 66.4 Å². The van der Waals surface area contributed by atoms with E-state index in [1.165, 1.54) is 11.8 Å². The molecule has 1 aromatic heterocycles. The summed E-state index contributed by atoms with van der Waals surface area (Å²) in [5, 5.41) is 14.7. The Hall–Kier alpha value is -3.84. The van der Waals surface area contributed by atoms with Crippen molar-refractivity contribution in [1.29, 1.82) is 5.26 Å². The lowest BCUT2D eigenvalue weighted by Gasteiger charge is -2.30. The molecule has 0 atom stereocenters. The number of nitriles is 1. The van der Waals surface area contributed by atoms with Crippen molar-refractivity contribution < 1.29 is 9.21 Å². The number of thioether (sulfide) groups is 1. The molecule has 0 bridgehead atoms. The second-order valence-corrected chi connectivity index (χ2v) is 11.9. The van der Waals surface area contributed by atoms with Gasteiger partial charge in [0, 0.05) is 6.08 Å². The first kappa shape index (κ1) is 22.0. The zero-order valence-corrected chi connectivity index (χ0v) is 19.7. The molecule has 0 spiro atoms. The molecule has 0 unspecified atom stereocenters. The summed E-state index contributed by atoms with van der Waals surface area (Å²) in [6.07, 6.45) is 3.23. The van der Waals surface area contributed by atoms with Crippen LogP contribution < -0.4 is 15.9 Å². The van der Waals surface area contributed by atoms with Crippen molar-refractivity contribution in [2.45, 2.75) is 0 Å². The lowest BCUT2D eigenvalue weighted by molar-refractivity contribution is -0.113. The van der Waals surface area contributed by atoms with Gasteiger partial charge in [0.05, 0.1) is 16.5 Å². The summed E-state index contributed by atoms with van der Waals surface area (Å²) in [5.74, 6) is 0.206. The highest BCUT2D eigenvalue weighted by Crippen LogP contribution is 2.48. The maximum absolute atomic E-state index is 12.8. The van der Waals surface area contributed by atoms with Gasteiger partial charge < -0.3 is 4.42 Å². The van der Waals surface area contributed by atoms with Gasteiger partial charge >= 0.3 is 0 Å². The molecule has 34 heavy (non-hydrogen) atoms. The predicted octanol–water partition coefficient (Wildman–Crippen LogP) is 4.98. The minimum absolute atomic E-state index is 0.364. The average molecular weight is 479 g/mol. The van der Waals surface area contributed by atoms with Gasteiger partial charge in [-0.3, -0.25) is 4.79 Å². The van der Waals surface area contributed by atoms with Crippen molar-refractivity contribution in [3.05, 3.63) is 120 Å². The Morgan fingerprint density at radius 2 is 1.35 bits per heavy atom. The van der Waals surface area contributed by atoms with E-state index in [0.717, 1.165) is 15.9 Å². The molecule has 1 amide bonds. The Kier molecular flexibility index (Phi) is 6.18. The van der Waals surface area contributed by atoms with Crippen LogP contribution in [0.1, 0.15) is 5.76 Å². The summed E-state index contributed by atoms with van der Waals surface area (Å²) in [7, 11) is 0. The highest BCUT2D eigenvalue weighted by molar-refractivity contribution is 8.22. The second kappa shape index (κ2) is 9.57. The van der Waals surface area contributed by atoms with Crippen LogP contribution in [-0.2, 0) is 4.79 Å². The first-order valence-corrected chi connectivity index (χ1v) is 13.2. The summed E-state index contributed by atoms with van der Waals surface area (Å²) in [5.41, 5.74) is 0. The van der Waals surface area contributed by atoms with Crippen LogP contribution in [0.2, 0.25) is 0 Å². The number of hydrogen-bond acceptors (Lipinski definition) is 4. The smallest absolute Gasteiger partial charge is 0.285 e. The summed E-state index contributed by atoms with van der Waals surface area (Å²) < 4.78 is 5.38. The summed E-state index contributed by atoms with van der Waals surface area (Å²) >= 11 is 1.23. The molecule has 1 aliphatic heterocycles.